The molecule has 0 amide bonds. The predicted molar refractivity (Wildman–Crippen MR) is 606 cm³/mol. The number of hydrogen-bond acceptors (Lipinski definition) is 13. The number of hydrogen-bond donors (Lipinski definition) is 4. The van der Waals surface area contributed by atoms with Crippen LogP contribution in [-0.2, 0) is 25.3 Å². The van der Waals surface area contributed by atoms with Crippen molar-refractivity contribution in [1.29, 1.82) is 0 Å². The Kier molecular flexibility index (Phi) is 41.8. The monoisotopic (exact) mass is 1930 g/mol. The molecule has 4 N–H and O–H groups in total. The van der Waals surface area contributed by atoms with E-state index in [1.807, 2.05) is 79.6 Å². The van der Waals surface area contributed by atoms with Crippen molar-refractivity contribution in [3.8, 4) is 28.7 Å². The van der Waals surface area contributed by atoms with Crippen molar-refractivity contribution in [1.82, 2.24) is 54.9 Å². The van der Waals surface area contributed by atoms with Crippen LogP contribution in [0.25, 0.3) is 65.5 Å². The van der Waals surface area contributed by atoms with Crippen molar-refractivity contribution in [3.63, 3.8) is 0 Å². The summed E-state index contributed by atoms with van der Waals surface area (Å²) in [6.45, 7) is 58.7. The highest BCUT2D eigenvalue weighted by molar-refractivity contribution is 5.84. The molecule has 4 aliphatic heterocycles. The van der Waals surface area contributed by atoms with Gasteiger partial charge in [0.25, 0.3) is 0 Å². The molecule has 22 rings (SSSR count). The van der Waals surface area contributed by atoms with Gasteiger partial charge in [-0.25, -0.2) is 9.97 Å². The molecule has 7 aromatic heterocycles. The normalized spacial score (nSPS) is 12.3. The second-order valence-electron chi connectivity index (χ2n) is 41.5. The summed E-state index contributed by atoms with van der Waals surface area (Å²) in [6.07, 6.45) is 19.7. The molecule has 17 heteroatoms. The van der Waals surface area contributed by atoms with Crippen molar-refractivity contribution in [2.75, 3.05) is 38.5 Å². The van der Waals surface area contributed by atoms with Crippen molar-refractivity contribution < 1.29 is 23.7 Å². The highest BCUT2D eigenvalue weighted by atomic mass is 16.7. The largest absolute Gasteiger partial charge is 0.493 e. The molecule has 0 saturated heterocycles. The van der Waals surface area contributed by atoms with E-state index < -0.39 is 0 Å². The first-order valence-corrected chi connectivity index (χ1v) is 51.8. The van der Waals surface area contributed by atoms with Crippen LogP contribution in [0.3, 0.4) is 0 Å². The zero-order chi connectivity index (χ0) is 104. The number of nitrogens with zero attached hydrogens (tertiary/aromatic N) is 8. The number of aromatic amines is 3. The number of H-pyrrole nitrogens is 3. The Hall–Kier alpha value is -13.9. The van der Waals surface area contributed by atoms with Gasteiger partial charge in [-0.2, -0.15) is 10.2 Å². The molecule has 0 aliphatic carbocycles. The Morgan fingerprint density at radius 3 is 1.48 bits per heavy atom. The van der Waals surface area contributed by atoms with E-state index in [0.29, 0.717) is 71.9 Å². The lowest BCUT2D eigenvalue weighted by molar-refractivity contribution is 0.173. The maximum atomic E-state index is 5.61. The summed E-state index contributed by atoms with van der Waals surface area (Å²) in [6, 6.07) is 85.0. The minimum Gasteiger partial charge on any atom is -0.493 e. The maximum absolute atomic E-state index is 5.61. The highest BCUT2D eigenvalue weighted by Gasteiger charge is 2.21. The number of nitrogens with one attached hydrogen (secondary N) is 4. The second kappa shape index (κ2) is 54.5. The average Bonchev–Trinajstić information content (AvgIpc) is 1.72. The van der Waals surface area contributed by atoms with Crippen LogP contribution in [0.4, 0.5) is 5.69 Å². The van der Waals surface area contributed by atoms with Gasteiger partial charge in [-0.1, -0.05) is 313 Å². The molecule has 11 aromatic carbocycles. The number of rotatable bonds is 11. The molecular weight excluding hydrogens is 1770 g/mol. The minimum atomic E-state index is 0.208. The van der Waals surface area contributed by atoms with Crippen LogP contribution in [0.15, 0.2) is 299 Å². The molecule has 0 bridgehead atoms. The van der Waals surface area contributed by atoms with E-state index in [1.165, 1.54) is 117 Å². The van der Waals surface area contributed by atoms with Crippen LogP contribution in [0.5, 0.6) is 28.7 Å². The molecule has 4 aliphatic rings. The number of aromatic nitrogens is 11. The van der Waals surface area contributed by atoms with Gasteiger partial charge in [-0.15, -0.1) is 0 Å². The van der Waals surface area contributed by atoms with E-state index in [1.54, 1.807) is 18.7 Å². The van der Waals surface area contributed by atoms with Crippen LogP contribution in [0, 0.1) is 0 Å². The minimum absolute atomic E-state index is 0.208. The fourth-order valence-electron chi connectivity index (χ4n) is 16.6. The van der Waals surface area contributed by atoms with Gasteiger partial charge in [0.15, 0.2) is 11.5 Å². The molecule has 17 nitrogen and oxygen atoms in total. The Bertz CT molecular complexity index is 6740. The molecule has 0 spiro atoms. The summed E-state index contributed by atoms with van der Waals surface area (Å²) >= 11 is 0. The summed E-state index contributed by atoms with van der Waals surface area (Å²) in [5.41, 5.74) is 28.1. The van der Waals surface area contributed by atoms with Crippen LogP contribution in [-0.4, -0.2) is 88.0 Å². The van der Waals surface area contributed by atoms with Crippen molar-refractivity contribution >= 4 is 71.2 Å². The molecule has 11 heterocycles. The lowest BCUT2D eigenvalue weighted by Crippen LogP contribution is -2.18. The van der Waals surface area contributed by atoms with Gasteiger partial charge in [-0.05, 0) is 264 Å². The molecule has 0 unspecified atom stereocenters. The summed E-state index contributed by atoms with van der Waals surface area (Å²) in [5, 5.41) is 23.3. The topological polar surface area (TPSA) is 201 Å². The molecular formula is C127H158N12O5. The third-order valence-corrected chi connectivity index (χ3v) is 25.8. The SMILES string of the molecule is CC(C)(C)c1ccc2cn[nH]c2c1.CC(C)c1cc2ccccc2n1C.CC(C)c1ccc2[nH]ncc2c1.CC(C)c1ccc2c(c1)OCC2.CC(C)c1ccc2c(c1)OCCC2.CC(C)c1ccc2c(c1)OCCN2.CC(C)c1ccc2nccnc2c1.CC(C)c1ccc2ncncc2c1.CC(C)c1cccc2c1OCO2.CC(C)c1cccc2cc[nH]c12.CC(C)c1ccccc1.CC(C)c1ccncc1. The van der Waals surface area contributed by atoms with E-state index in [9.17, 15) is 0 Å². The lowest BCUT2D eigenvalue weighted by Gasteiger charge is -2.20. The smallest absolute Gasteiger partial charge is 0.231 e. The van der Waals surface area contributed by atoms with Crippen molar-refractivity contribution in [2.45, 2.75) is 263 Å². The second-order valence-corrected chi connectivity index (χ2v) is 41.5. The molecule has 756 valence electrons. The van der Waals surface area contributed by atoms with E-state index in [0.717, 1.165) is 107 Å². The Labute approximate surface area is 858 Å². The third kappa shape index (κ3) is 32.5. The number of benzene rings is 11. The Morgan fingerprint density at radius 1 is 0.333 bits per heavy atom. The highest BCUT2D eigenvalue weighted by Crippen LogP contribution is 2.40. The van der Waals surface area contributed by atoms with Crippen LogP contribution in [0.1, 0.15) is 323 Å². The zero-order valence-corrected chi connectivity index (χ0v) is 90.4. The first-order chi connectivity index (χ1) is 69.1. The number of ether oxygens (including phenoxy) is 5. The summed E-state index contributed by atoms with van der Waals surface area (Å²) < 4.78 is 29.6. The van der Waals surface area contributed by atoms with Gasteiger partial charge in [-0.3, -0.25) is 25.1 Å². The molecule has 0 fully saturated rings. The van der Waals surface area contributed by atoms with E-state index >= 15 is 0 Å². The molecule has 0 saturated carbocycles. The van der Waals surface area contributed by atoms with Crippen LogP contribution >= 0.6 is 0 Å². The lowest BCUT2D eigenvalue weighted by atomic mass is 9.87. The summed E-state index contributed by atoms with van der Waals surface area (Å²) in [5.74, 6) is 11.4. The quantitative estimate of drug-likeness (QED) is 0.0954. The van der Waals surface area contributed by atoms with Crippen LogP contribution in [0.2, 0.25) is 0 Å². The fraction of sp³-hybridized carbons (Fsp3) is 0.362. The first kappa shape index (κ1) is 110. The van der Waals surface area contributed by atoms with Crippen molar-refractivity contribution in [2.24, 2.45) is 7.05 Å². The number of para-hydroxylation sites is 3. The van der Waals surface area contributed by atoms with Gasteiger partial charge in [0.2, 0.25) is 6.79 Å². The van der Waals surface area contributed by atoms with Gasteiger partial charge in [0.05, 0.1) is 58.9 Å². The van der Waals surface area contributed by atoms with Gasteiger partial charge >= 0.3 is 0 Å². The van der Waals surface area contributed by atoms with E-state index in [-0.39, 0.29) is 5.41 Å². The molecule has 0 atom stereocenters. The predicted octanol–water partition coefficient (Wildman–Crippen LogP) is 33.7. The zero-order valence-electron chi connectivity index (χ0n) is 90.4. The van der Waals surface area contributed by atoms with Crippen LogP contribution < -0.4 is 29.0 Å². The standard InChI is InChI=1S/C12H15N.C12H16O.C11H14N2.2C11H12N2.C11H15NO.C11H13N.C11H14O.C10H12N2.C10H12O2.C9H12.C8H11N/c1-9(2)12-8-10-6-4-5-7-11(10)13(12)3;1-9(2)11-6-5-10-4-3-7-13-12(10)8-11;1-11(2,3)9-5-4-8-7-12-13-10(8)6-9;1-8(2)9-3-4-11-10(5-9)6-12-7-13-11;2*1-8(2)9-3-4-10-11(7-9)13-6-5-12-10;1-8(2)10-5-3-4-9-6-7-12-11(9)10;1-8(2)10-4-3-9-5-6-12-11(9)7-10;1-7(2)8-3-4-10-9(5-8)6-11-12-10;1-7(2)8-4-3-5-9-10(8)12-6-11-9;1-8(2)9-6-4-3-5-7-9;1-7(2)8-3-5-9-6-4-8/h4-9H,1-3H3;5-6,8-9H,3-4,7H2,1-2H3;4-7H,1-3H3,(H,12,13);2*3-8H,1-2H3;3-4,7-8,12H,5-6H2,1-2H3;3-8,12H,1-2H3;3-4,7-8H,5-6H2,1-2H3;3-7H,1-2H3,(H,11,12);3-5,7H,6H2,1-2H3;3-8H,1-2H3;3-7H,1-2H3. The van der Waals surface area contributed by atoms with E-state index in [4.69, 9.17) is 23.7 Å². The number of pyridine rings is 1. The Morgan fingerprint density at radius 2 is 0.861 bits per heavy atom. The molecule has 144 heavy (non-hydrogen) atoms. The molecule has 18 aromatic rings. The molecule has 0 radical (unpaired) electrons. The fourth-order valence-corrected chi connectivity index (χ4v) is 16.6. The average molecular weight is 1930 g/mol. The third-order valence-electron chi connectivity index (χ3n) is 25.8. The number of anilines is 1. The van der Waals surface area contributed by atoms with E-state index in [2.05, 4.69) is 441 Å². The summed E-state index contributed by atoms with van der Waals surface area (Å²) in [7, 11) is 2.14. The van der Waals surface area contributed by atoms with Crippen molar-refractivity contribution in [3.05, 3.63) is 377 Å². The van der Waals surface area contributed by atoms with Gasteiger partial charge < -0.3 is 38.6 Å². The first-order valence-electron chi connectivity index (χ1n) is 51.8. The van der Waals surface area contributed by atoms with Gasteiger partial charge in [0.1, 0.15) is 30.2 Å². The number of aryl methyl sites for hydroxylation is 2. The number of fused-ring (bicyclic) bond motifs is 10. The van der Waals surface area contributed by atoms with Gasteiger partial charge in [0, 0.05) is 95.6 Å². The Balaban J connectivity index is 0.000000150. The maximum Gasteiger partial charge on any atom is 0.231 e. The summed E-state index contributed by atoms with van der Waals surface area (Å²) in [4.78, 5) is 23.9.